The largest absolute Gasteiger partial charge is 0.362 e. The minimum Gasteiger partial charge on any atom is -0.362 e. The van der Waals surface area contributed by atoms with E-state index < -0.39 is 0 Å². The van der Waals surface area contributed by atoms with Gasteiger partial charge in [-0.25, -0.2) is 24.3 Å². The number of nitrogens with one attached hydrogen (secondary N) is 3. The molecule has 0 bridgehead atoms. The van der Waals surface area contributed by atoms with E-state index in [1.807, 2.05) is 12.1 Å². The number of hydrogen-bond acceptors (Lipinski definition) is 8. The Balaban J connectivity index is 1.24. The first-order valence-electron chi connectivity index (χ1n) is 11.4. The van der Waals surface area contributed by atoms with E-state index in [1.54, 1.807) is 36.9 Å². The first-order valence-corrected chi connectivity index (χ1v) is 11.4. The van der Waals surface area contributed by atoms with Gasteiger partial charge in [0.1, 0.15) is 23.5 Å². The predicted octanol–water partition coefficient (Wildman–Crippen LogP) is 3.41. The number of rotatable bonds is 8. The molecule has 0 atom stereocenters. The zero-order valence-corrected chi connectivity index (χ0v) is 19.4. The van der Waals surface area contributed by atoms with Crippen LogP contribution in [-0.2, 0) is 13.0 Å². The molecule has 182 valence electrons. The minimum atomic E-state index is -0.382. The van der Waals surface area contributed by atoms with Crippen LogP contribution in [0.2, 0.25) is 0 Å². The van der Waals surface area contributed by atoms with E-state index in [0.29, 0.717) is 30.3 Å². The number of amides is 1. The third kappa shape index (κ3) is 5.54. The Hall–Kier alpha value is -5.24. The Morgan fingerprint density at radius 2 is 1.76 bits per heavy atom. The normalized spacial score (nSPS) is 10.7. The highest BCUT2D eigenvalue weighted by Gasteiger charge is 2.14. The van der Waals surface area contributed by atoms with Gasteiger partial charge in [-0.3, -0.25) is 9.89 Å². The fourth-order valence-electron chi connectivity index (χ4n) is 3.66. The summed E-state index contributed by atoms with van der Waals surface area (Å²) in [6, 6.07) is 11.5. The van der Waals surface area contributed by atoms with Gasteiger partial charge in [-0.1, -0.05) is 12.1 Å². The zero-order chi connectivity index (χ0) is 25.6. The molecule has 5 rings (SSSR count). The maximum absolute atomic E-state index is 13.1. The number of H-pyrrole nitrogens is 1. The lowest BCUT2D eigenvalue weighted by molar-refractivity contribution is 0.0954. The lowest BCUT2D eigenvalue weighted by Gasteiger charge is -2.12. The molecule has 0 saturated heterocycles. The third-order valence-electron chi connectivity index (χ3n) is 5.62. The van der Waals surface area contributed by atoms with Crippen molar-refractivity contribution < 1.29 is 9.18 Å². The van der Waals surface area contributed by atoms with E-state index in [1.165, 1.54) is 24.4 Å². The standard InChI is InChI=1S/C26H20FN9O/c27-21-3-1-16(2-4-21)5-6-29-26(37)22-7-17(9-28)10-32-25(22)34-15-23-30-12-20(13-31-23)18-8-19-14-35-36-24(19)33-11-18/h1-4,7-8,10-14H,5-6,15H2,(H,29,37)(H,32,34)(H,33,35,36). The quantitative estimate of drug-likeness (QED) is 0.298. The molecule has 1 amide bonds. The Morgan fingerprint density at radius 1 is 0.973 bits per heavy atom. The van der Waals surface area contributed by atoms with Gasteiger partial charge in [-0.05, 0) is 36.2 Å². The number of anilines is 1. The summed E-state index contributed by atoms with van der Waals surface area (Å²) in [7, 11) is 0. The average Bonchev–Trinajstić information content (AvgIpc) is 3.41. The van der Waals surface area contributed by atoms with Gasteiger partial charge < -0.3 is 10.6 Å². The molecule has 0 radical (unpaired) electrons. The van der Waals surface area contributed by atoms with Gasteiger partial charge in [0.05, 0.1) is 23.9 Å². The van der Waals surface area contributed by atoms with Crippen LogP contribution in [0.15, 0.2) is 67.4 Å². The number of nitriles is 1. The van der Waals surface area contributed by atoms with E-state index in [-0.39, 0.29) is 29.4 Å². The highest BCUT2D eigenvalue weighted by atomic mass is 19.1. The first-order chi connectivity index (χ1) is 18.1. The Kier molecular flexibility index (Phi) is 6.72. The topological polar surface area (TPSA) is 145 Å². The fourth-order valence-corrected chi connectivity index (χ4v) is 3.66. The second kappa shape index (κ2) is 10.6. The molecule has 4 aromatic heterocycles. The molecule has 5 aromatic rings. The van der Waals surface area contributed by atoms with Gasteiger partial charge in [0, 0.05) is 47.8 Å². The molecule has 0 saturated carbocycles. The van der Waals surface area contributed by atoms with E-state index in [9.17, 15) is 14.4 Å². The van der Waals surface area contributed by atoms with Crippen molar-refractivity contribution in [3.63, 3.8) is 0 Å². The van der Waals surface area contributed by atoms with Crippen molar-refractivity contribution in [2.24, 2.45) is 0 Å². The highest BCUT2D eigenvalue weighted by molar-refractivity contribution is 5.99. The summed E-state index contributed by atoms with van der Waals surface area (Å²) in [4.78, 5) is 30.2. The van der Waals surface area contributed by atoms with E-state index >= 15 is 0 Å². The number of pyridine rings is 2. The average molecular weight is 494 g/mol. The van der Waals surface area contributed by atoms with Crippen molar-refractivity contribution >= 4 is 22.8 Å². The van der Waals surface area contributed by atoms with Crippen LogP contribution < -0.4 is 10.6 Å². The lowest BCUT2D eigenvalue weighted by atomic mass is 10.1. The van der Waals surface area contributed by atoms with Gasteiger partial charge in [0.15, 0.2) is 5.65 Å². The number of benzene rings is 1. The fraction of sp³-hybridized carbons (Fsp3) is 0.115. The first kappa shape index (κ1) is 23.5. The molecular formula is C26H20FN9O. The molecular weight excluding hydrogens is 473 g/mol. The molecule has 0 spiro atoms. The van der Waals surface area contributed by atoms with Crippen LogP contribution in [0.1, 0.15) is 27.3 Å². The van der Waals surface area contributed by atoms with E-state index in [0.717, 1.165) is 22.1 Å². The van der Waals surface area contributed by atoms with Gasteiger partial charge >= 0.3 is 0 Å². The highest BCUT2D eigenvalue weighted by Crippen LogP contribution is 2.21. The number of halogens is 1. The summed E-state index contributed by atoms with van der Waals surface area (Å²) in [6.45, 7) is 0.554. The van der Waals surface area contributed by atoms with Crippen LogP contribution >= 0.6 is 0 Å². The lowest BCUT2D eigenvalue weighted by Crippen LogP contribution is -2.27. The molecule has 0 aliphatic heterocycles. The van der Waals surface area contributed by atoms with Crippen LogP contribution in [0.4, 0.5) is 10.2 Å². The maximum atomic E-state index is 13.1. The van der Waals surface area contributed by atoms with E-state index in [4.69, 9.17) is 0 Å². The number of aromatic amines is 1. The van der Waals surface area contributed by atoms with Gasteiger partial charge in [-0.2, -0.15) is 10.4 Å². The van der Waals surface area contributed by atoms with Crippen molar-refractivity contribution in [1.82, 2.24) is 35.5 Å². The Labute approximate surface area is 210 Å². The summed E-state index contributed by atoms with van der Waals surface area (Å²) in [6.07, 6.45) is 8.74. The number of carbonyl (C=O) groups is 1. The third-order valence-corrected chi connectivity index (χ3v) is 5.62. The molecule has 10 nitrogen and oxygen atoms in total. The van der Waals surface area contributed by atoms with Crippen LogP contribution in [0.3, 0.4) is 0 Å². The number of carbonyl (C=O) groups excluding carboxylic acids is 1. The second-order valence-electron chi connectivity index (χ2n) is 8.14. The van der Waals surface area contributed by atoms with Crippen LogP contribution in [0, 0.1) is 17.1 Å². The Bertz CT molecular complexity index is 1590. The SMILES string of the molecule is N#Cc1cnc(NCc2ncc(-c3cnc4[nH]ncc4c3)cn2)c(C(=O)NCCc2ccc(F)cc2)c1. The Morgan fingerprint density at radius 3 is 2.54 bits per heavy atom. The molecule has 4 heterocycles. The molecule has 0 aliphatic rings. The summed E-state index contributed by atoms with van der Waals surface area (Å²) in [5, 5.41) is 22.8. The molecule has 0 aliphatic carbocycles. The van der Waals surface area contributed by atoms with Crippen LogP contribution in [0.25, 0.3) is 22.2 Å². The number of fused-ring (bicyclic) bond motifs is 1. The summed E-state index contributed by atoms with van der Waals surface area (Å²) in [5.41, 5.74) is 3.76. The van der Waals surface area contributed by atoms with Crippen molar-refractivity contribution in [3.8, 4) is 17.2 Å². The van der Waals surface area contributed by atoms with Crippen molar-refractivity contribution in [2.45, 2.75) is 13.0 Å². The summed E-state index contributed by atoms with van der Waals surface area (Å²) >= 11 is 0. The smallest absolute Gasteiger partial charge is 0.255 e. The minimum absolute atomic E-state index is 0.216. The predicted molar refractivity (Wildman–Crippen MR) is 134 cm³/mol. The molecule has 3 N–H and O–H groups in total. The number of nitrogens with zero attached hydrogens (tertiary/aromatic N) is 6. The summed E-state index contributed by atoms with van der Waals surface area (Å²) in [5.74, 6) is 0.109. The van der Waals surface area contributed by atoms with Crippen molar-refractivity contribution in [1.29, 1.82) is 5.26 Å². The van der Waals surface area contributed by atoms with Crippen molar-refractivity contribution in [2.75, 3.05) is 11.9 Å². The van der Waals surface area contributed by atoms with E-state index in [2.05, 4.69) is 40.8 Å². The zero-order valence-electron chi connectivity index (χ0n) is 19.4. The number of hydrogen-bond donors (Lipinski definition) is 3. The van der Waals surface area contributed by atoms with Crippen molar-refractivity contribution in [3.05, 3.63) is 95.7 Å². The molecule has 11 heteroatoms. The van der Waals surface area contributed by atoms with Gasteiger partial charge in [0.2, 0.25) is 0 Å². The van der Waals surface area contributed by atoms with Crippen LogP contribution in [0.5, 0.6) is 0 Å². The monoisotopic (exact) mass is 493 g/mol. The van der Waals surface area contributed by atoms with Crippen LogP contribution in [-0.4, -0.2) is 42.6 Å². The van der Waals surface area contributed by atoms with Gasteiger partial charge in [-0.15, -0.1) is 0 Å². The van der Waals surface area contributed by atoms with Gasteiger partial charge in [0.25, 0.3) is 5.91 Å². The molecule has 0 fully saturated rings. The molecule has 0 unspecified atom stereocenters. The summed E-state index contributed by atoms with van der Waals surface area (Å²) < 4.78 is 13.1. The second-order valence-corrected chi connectivity index (χ2v) is 8.14. The maximum Gasteiger partial charge on any atom is 0.255 e. The molecule has 37 heavy (non-hydrogen) atoms. The number of aromatic nitrogens is 6. The molecule has 1 aromatic carbocycles.